The molecule has 0 aliphatic carbocycles. The number of carbonyl (C=O) groups is 1. The van der Waals surface area contributed by atoms with Crippen molar-refractivity contribution in [3.8, 4) is 22.9 Å². The number of hydrogen-bond acceptors (Lipinski definition) is 9. The van der Waals surface area contributed by atoms with Crippen molar-refractivity contribution in [1.82, 2.24) is 19.1 Å². The number of benzene rings is 3. The quantitative estimate of drug-likeness (QED) is 0.208. The highest BCUT2D eigenvalue weighted by molar-refractivity contribution is 7.99. The Morgan fingerprint density at radius 3 is 2.54 bits per heavy atom. The van der Waals surface area contributed by atoms with Crippen LogP contribution >= 0.6 is 11.8 Å². The second-order valence-electron chi connectivity index (χ2n) is 9.59. The molecule has 10 nitrogen and oxygen atoms in total. The molecular weight excluding hydrogens is 564 g/mol. The topological polar surface area (TPSA) is 113 Å². The first kappa shape index (κ1) is 27.5. The van der Waals surface area contributed by atoms with E-state index in [1.165, 1.54) is 16.1 Å². The van der Waals surface area contributed by atoms with Gasteiger partial charge in [0, 0.05) is 24.2 Å². The summed E-state index contributed by atoms with van der Waals surface area (Å²) in [4.78, 5) is 13.3. The van der Waals surface area contributed by atoms with E-state index >= 15 is 0 Å². The Bertz CT molecular complexity index is 1670. The number of nitrogens with zero attached hydrogens (tertiary/aromatic N) is 4. The van der Waals surface area contributed by atoms with Crippen molar-refractivity contribution < 1.29 is 27.4 Å². The summed E-state index contributed by atoms with van der Waals surface area (Å²) >= 11 is 1.28. The van der Waals surface area contributed by atoms with Crippen LogP contribution in [0.3, 0.4) is 0 Å². The number of carbonyl (C=O) groups excluding carboxylic acids is 1. The number of hydrogen-bond donors (Lipinski definition) is 0. The van der Waals surface area contributed by atoms with Gasteiger partial charge in [-0.2, -0.15) is 4.31 Å². The van der Waals surface area contributed by atoms with E-state index in [9.17, 15) is 13.2 Å². The second-order valence-corrected chi connectivity index (χ2v) is 12.5. The SMILES string of the molecule is C[C@H](c1ccccc1)n1c(SCC(=O)c2ccc3c(c2)OCO3)nnc1-c1cccc(S(=O)(=O)N2CCOCC2)c1. The van der Waals surface area contributed by atoms with Crippen LogP contribution in [0.25, 0.3) is 11.4 Å². The molecule has 4 aromatic rings. The Hall–Kier alpha value is -3.71. The Kier molecular flexibility index (Phi) is 7.80. The lowest BCUT2D eigenvalue weighted by Gasteiger charge is -2.26. The molecule has 12 heteroatoms. The zero-order valence-corrected chi connectivity index (χ0v) is 23.9. The maximum absolute atomic E-state index is 13.4. The van der Waals surface area contributed by atoms with Gasteiger partial charge in [-0.15, -0.1) is 10.2 Å². The van der Waals surface area contributed by atoms with Gasteiger partial charge in [-0.05, 0) is 42.8 Å². The van der Waals surface area contributed by atoms with Crippen LogP contribution in [0.1, 0.15) is 28.9 Å². The number of ether oxygens (including phenoxy) is 3. The summed E-state index contributed by atoms with van der Waals surface area (Å²) in [5.41, 5.74) is 2.16. The number of rotatable bonds is 9. The molecule has 0 N–H and O–H groups in total. The van der Waals surface area contributed by atoms with E-state index < -0.39 is 10.0 Å². The molecule has 1 aromatic heterocycles. The number of thioether (sulfide) groups is 1. The van der Waals surface area contributed by atoms with E-state index in [1.807, 2.05) is 47.9 Å². The van der Waals surface area contributed by atoms with Crippen LogP contribution in [0.2, 0.25) is 0 Å². The van der Waals surface area contributed by atoms with E-state index in [4.69, 9.17) is 14.2 Å². The number of aromatic nitrogens is 3. The van der Waals surface area contributed by atoms with Gasteiger partial charge < -0.3 is 14.2 Å². The fourth-order valence-corrected chi connectivity index (χ4v) is 7.18. The number of fused-ring (bicyclic) bond motifs is 1. The molecule has 2 aliphatic rings. The van der Waals surface area contributed by atoms with Crippen LogP contribution in [0.5, 0.6) is 11.5 Å². The summed E-state index contributed by atoms with van der Waals surface area (Å²) in [6.07, 6.45) is 0. The second kappa shape index (κ2) is 11.6. The minimum atomic E-state index is -3.70. The van der Waals surface area contributed by atoms with E-state index in [1.54, 1.807) is 36.4 Å². The molecule has 1 atom stereocenters. The lowest BCUT2D eigenvalue weighted by molar-refractivity contribution is 0.0730. The van der Waals surface area contributed by atoms with Crippen molar-refractivity contribution >= 4 is 27.6 Å². The maximum Gasteiger partial charge on any atom is 0.243 e. The van der Waals surface area contributed by atoms with Crippen molar-refractivity contribution in [2.75, 3.05) is 38.8 Å². The molecule has 1 fully saturated rings. The van der Waals surface area contributed by atoms with Gasteiger partial charge in [0.25, 0.3) is 0 Å². The molecule has 0 bridgehead atoms. The highest BCUT2D eigenvalue weighted by atomic mass is 32.2. The van der Waals surface area contributed by atoms with Crippen molar-refractivity contribution in [2.24, 2.45) is 0 Å². The smallest absolute Gasteiger partial charge is 0.243 e. The number of sulfonamides is 1. The average Bonchev–Trinajstić information content (AvgIpc) is 3.67. The van der Waals surface area contributed by atoms with Gasteiger partial charge in [0.1, 0.15) is 0 Å². The van der Waals surface area contributed by atoms with Gasteiger partial charge in [0.2, 0.25) is 16.8 Å². The Morgan fingerprint density at radius 1 is 0.951 bits per heavy atom. The summed E-state index contributed by atoms with van der Waals surface area (Å²) in [5, 5.41) is 9.48. The molecule has 0 saturated carbocycles. The molecule has 41 heavy (non-hydrogen) atoms. The predicted molar refractivity (Wildman–Crippen MR) is 153 cm³/mol. The first-order valence-corrected chi connectivity index (χ1v) is 15.6. The van der Waals surface area contributed by atoms with Crippen LogP contribution in [0.15, 0.2) is 82.8 Å². The van der Waals surface area contributed by atoms with E-state index in [-0.39, 0.29) is 29.3 Å². The average molecular weight is 593 g/mol. The molecule has 0 spiro atoms. The molecule has 0 radical (unpaired) electrons. The third kappa shape index (κ3) is 5.60. The molecule has 2 aliphatic heterocycles. The van der Waals surface area contributed by atoms with Gasteiger partial charge in [-0.3, -0.25) is 9.36 Å². The van der Waals surface area contributed by atoms with Crippen LogP contribution in [0.4, 0.5) is 0 Å². The van der Waals surface area contributed by atoms with Gasteiger partial charge in [0.15, 0.2) is 28.3 Å². The first-order valence-electron chi connectivity index (χ1n) is 13.2. The highest BCUT2D eigenvalue weighted by Crippen LogP contribution is 2.35. The summed E-state index contributed by atoms with van der Waals surface area (Å²) in [7, 11) is -3.70. The Labute approximate surface area is 242 Å². The largest absolute Gasteiger partial charge is 0.454 e. The minimum Gasteiger partial charge on any atom is -0.454 e. The molecule has 3 aromatic carbocycles. The lowest BCUT2D eigenvalue weighted by atomic mass is 10.1. The molecule has 0 unspecified atom stereocenters. The third-order valence-corrected chi connectivity index (χ3v) is 9.90. The molecule has 3 heterocycles. The number of ketones is 1. The van der Waals surface area contributed by atoms with E-state index in [0.717, 1.165) is 5.56 Å². The summed E-state index contributed by atoms with van der Waals surface area (Å²) in [6, 6.07) is 21.6. The molecule has 6 rings (SSSR count). The molecule has 0 amide bonds. The van der Waals surface area contributed by atoms with Gasteiger partial charge in [-0.1, -0.05) is 54.2 Å². The van der Waals surface area contributed by atoms with Crippen LogP contribution in [-0.2, 0) is 14.8 Å². The number of Topliss-reactive ketones (excluding diaryl/α,β-unsaturated/α-hetero) is 1. The van der Waals surface area contributed by atoms with Crippen LogP contribution in [0, 0.1) is 0 Å². The molecule has 212 valence electrons. The van der Waals surface area contributed by atoms with Crippen LogP contribution < -0.4 is 9.47 Å². The zero-order chi connectivity index (χ0) is 28.4. The summed E-state index contributed by atoms with van der Waals surface area (Å²) < 4.78 is 46.2. The standard InChI is InChI=1S/C29H28N4O6S2/c1-20(21-6-3-2-4-7-21)33-28(23-8-5-9-24(16-23)41(35,36)32-12-14-37-15-13-32)30-31-29(33)40-18-25(34)22-10-11-26-27(17-22)39-19-38-26/h2-11,16-17,20H,12-15,18-19H2,1H3/t20-/m1/s1. The van der Waals surface area contributed by atoms with Crippen molar-refractivity contribution in [3.63, 3.8) is 0 Å². The Balaban J connectivity index is 1.32. The number of morpholine rings is 1. The summed E-state index contributed by atoms with van der Waals surface area (Å²) in [6.45, 7) is 3.53. The fourth-order valence-electron chi connectivity index (χ4n) is 4.82. The van der Waals surface area contributed by atoms with E-state index in [0.29, 0.717) is 59.9 Å². The lowest BCUT2D eigenvalue weighted by Crippen LogP contribution is -2.40. The maximum atomic E-state index is 13.4. The third-order valence-electron chi connectivity index (χ3n) is 7.06. The van der Waals surface area contributed by atoms with Crippen molar-refractivity contribution in [3.05, 3.63) is 83.9 Å². The minimum absolute atomic E-state index is 0.0876. The summed E-state index contributed by atoms with van der Waals surface area (Å²) in [5.74, 6) is 1.72. The Morgan fingerprint density at radius 2 is 1.73 bits per heavy atom. The monoisotopic (exact) mass is 592 g/mol. The fraction of sp³-hybridized carbons (Fsp3) is 0.276. The van der Waals surface area contributed by atoms with Gasteiger partial charge >= 0.3 is 0 Å². The zero-order valence-electron chi connectivity index (χ0n) is 22.3. The highest BCUT2D eigenvalue weighted by Gasteiger charge is 2.28. The van der Waals surface area contributed by atoms with Crippen molar-refractivity contribution in [1.29, 1.82) is 0 Å². The van der Waals surface area contributed by atoms with E-state index in [2.05, 4.69) is 10.2 Å². The van der Waals surface area contributed by atoms with Gasteiger partial charge in [0.05, 0.1) is 29.9 Å². The first-order chi connectivity index (χ1) is 19.9. The molecular formula is C29H28N4O6S2. The normalized spacial score (nSPS) is 16.0. The van der Waals surface area contributed by atoms with Gasteiger partial charge in [-0.25, -0.2) is 8.42 Å². The van der Waals surface area contributed by atoms with Crippen LogP contribution in [-0.4, -0.2) is 72.1 Å². The predicted octanol–water partition coefficient (Wildman–Crippen LogP) is 4.28. The van der Waals surface area contributed by atoms with Crippen molar-refractivity contribution in [2.45, 2.75) is 23.0 Å². The molecule has 1 saturated heterocycles.